The third-order valence-corrected chi connectivity index (χ3v) is 5.04. The van der Waals surface area contributed by atoms with Crippen molar-refractivity contribution in [1.82, 2.24) is 9.97 Å². The minimum atomic E-state index is 0.822. The first kappa shape index (κ1) is 27.5. The minimum Gasteiger partial charge on any atom is -0.355 e. The standard InChI is InChI=1S/C21H25N3.2C2H6.CH5N/c1-13-14(2)16(4)20-19(15(13)3)21(23-17(5)22-20)24(6)12-18-10-8-7-9-11-18;3*1-2/h7-11H,12H2,1-6H3;2*1-2H3;2H2,1H3. The van der Waals surface area contributed by atoms with Gasteiger partial charge in [-0.1, -0.05) is 58.0 Å². The topological polar surface area (TPSA) is 55.0 Å². The first-order valence-corrected chi connectivity index (χ1v) is 11.0. The number of aromatic nitrogens is 2. The summed E-state index contributed by atoms with van der Waals surface area (Å²) in [7, 11) is 3.61. The van der Waals surface area contributed by atoms with E-state index in [1.807, 2.05) is 40.7 Å². The van der Waals surface area contributed by atoms with E-state index in [2.05, 4.69) is 69.6 Å². The van der Waals surface area contributed by atoms with Crippen molar-refractivity contribution in [3.63, 3.8) is 0 Å². The van der Waals surface area contributed by atoms with Gasteiger partial charge in [-0.3, -0.25) is 0 Å². The van der Waals surface area contributed by atoms with E-state index in [9.17, 15) is 0 Å². The Morgan fingerprint density at radius 2 is 1.23 bits per heavy atom. The summed E-state index contributed by atoms with van der Waals surface area (Å²) in [4.78, 5) is 11.8. The van der Waals surface area contributed by atoms with Crippen LogP contribution in [0.5, 0.6) is 0 Å². The number of hydrogen-bond acceptors (Lipinski definition) is 4. The van der Waals surface area contributed by atoms with Gasteiger partial charge < -0.3 is 10.6 Å². The van der Waals surface area contributed by atoms with Crippen LogP contribution >= 0.6 is 0 Å². The first-order chi connectivity index (χ1) is 14.4. The molecule has 0 radical (unpaired) electrons. The Morgan fingerprint density at radius 3 is 1.77 bits per heavy atom. The van der Waals surface area contributed by atoms with E-state index in [1.54, 1.807) is 0 Å². The fourth-order valence-electron chi connectivity index (χ4n) is 3.31. The van der Waals surface area contributed by atoms with Crippen LogP contribution in [0.2, 0.25) is 0 Å². The number of nitrogens with zero attached hydrogens (tertiary/aromatic N) is 3. The highest BCUT2D eigenvalue weighted by molar-refractivity contribution is 5.96. The summed E-state index contributed by atoms with van der Waals surface area (Å²) in [6.45, 7) is 19.5. The van der Waals surface area contributed by atoms with E-state index in [1.165, 1.54) is 40.3 Å². The van der Waals surface area contributed by atoms with Crippen LogP contribution in [0.25, 0.3) is 10.9 Å². The van der Waals surface area contributed by atoms with E-state index in [0.717, 1.165) is 23.7 Å². The summed E-state index contributed by atoms with van der Waals surface area (Å²) in [5.41, 5.74) is 12.1. The van der Waals surface area contributed by atoms with E-state index < -0.39 is 0 Å². The number of nitrogens with two attached hydrogens (primary N) is 1. The van der Waals surface area contributed by atoms with Gasteiger partial charge in [0.2, 0.25) is 0 Å². The molecular formula is C26H42N4. The van der Waals surface area contributed by atoms with Crippen LogP contribution in [0.1, 0.15) is 61.3 Å². The average Bonchev–Trinajstić information content (AvgIpc) is 2.80. The van der Waals surface area contributed by atoms with Gasteiger partial charge in [0.25, 0.3) is 0 Å². The van der Waals surface area contributed by atoms with Gasteiger partial charge in [-0.2, -0.15) is 0 Å². The predicted molar refractivity (Wildman–Crippen MR) is 135 cm³/mol. The number of benzene rings is 2. The van der Waals surface area contributed by atoms with Crippen molar-refractivity contribution in [2.24, 2.45) is 5.73 Å². The predicted octanol–water partition coefficient (Wildman–Crippen LogP) is 6.44. The molecule has 3 aromatic rings. The highest BCUT2D eigenvalue weighted by atomic mass is 15.2. The maximum absolute atomic E-state index is 4.78. The van der Waals surface area contributed by atoms with Crippen molar-refractivity contribution in [3.05, 3.63) is 64.0 Å². The van der Waals surface area contributed by atoms with Crippen LogP contribution in [0.3, 0.4) is 0 Å². The molecule has 2 N–H and O–H groups in total. The molecule has 0 saturated heterocycles. The Balaban J connectivity index is 0.00000129. The van der Waals surface area contributed by atoms with Gasteiger partial charge in [-0.15, -0.1) is 0 Å². The monoisotopic (exact) mass is 410 g/mol. The molecule has 0 aliphatic heterocycles. The fourth-order valence-corrected chi connectivity index (χ4v) is 3.31. The molecule has 2 aromatic carbocycles. The lowest BCUT2D eigenvalue weighted by atomic mass is 9.94. The van der Waals surface area contributed by atoms with Crippen LogP contribution in [-0.2, 0) is 6.54 Å². The molecule has 0 aliphatic rings. The number of rotatable bonds is 3. The third kappa shape index (κ3) is 6.27. The van der Waals surface area contributed by atoms with Crippen molar-refractivity contribution in [3.8, 4) is 0 Å². The highest BCUT2D eigenvalue weighted by Gasteiger charge is 2.17. The zero-order valence-electron chi connectivity index (χ0n) is 21.0. The summed E-state index contributed by atoms with van der Waals surface area (Å²) in [6, 6.07) is 10.5. The smallest absolute Gasteiger partial charge is 0.140 e. The molecule has 4 heteroatoms. The maximum Gasteiger partial charge on any atom is 0.140 e. The van der Waals surface area contributed by atoms with E-state index in [4.69, 9.17) is 9.97 Å². The van der Waals surface area contributed by atoms with Crippen molar-refractivity contribution >= 4 is 16.7 Å². The number of hydrogen-bond donors (Lipinski definition) is 1. The Labute approximate surface area is 184 Å². The van der Waals surface area contributed by atoms with Crippen LogP contribution in [0.15, 0.2) is 30.3 Å². The van der Waals surface area contributed by atoms with Gasteiger partial charge in [0.15, 0.2) is 0 Å². The molecule has 0 fully saturated rings. The Bertz CT molecular complexity index is 902. The molecule has 166 valence electrons. The van der Waals surface area contributed by atoms with Crippen LogP contribution in [0.4, 0.5) is 5.82 Å². The second-order valence-electron chi connectivity index (χ2n) is 6.66. The number of fused-ring (bicyclic) bond motifs is 1. The molecule has 4 nitrogen and oxygen atoms in total. The normalized spacial score (nSPS) is 9.47. The molecule has 0 amide bonds. The van der Waals surface area contributed by atoms with Gasteiger partial charge in [0.1, 0.15) is 11.6 Å². The summed E-state index contributed by atoms with van der Waals surface area (Å²) < 4.78 is 0. The second-order valence-corrected chi connectivity index (χ2v) is 6.66. The van der Waals surface area contributed by atoms with Gasteiger partial charge in [0, 0.05) is 19.0 Å². The summed E-state index contributed by atoms with van der Waals surface area (Å²) in [6.07, 6.45) is 0. The molecule has 0 bridgehead atoms. The van der Waals surface area contributed by atoms with Crippen molar-refractivity contribution < 1.29 is 0 Å². The van der Waals surface area contributed by atoms with Gasteiger partial charge in [0.05, 0.1) is 5.52 Å². The van der Waals surface area contributed by atoms with E-state index in [0.29, 0.717) is 0 Å². The minimum absolute atomic E-state index is 0.822. The van der Waals surface area contributed by atoms with Gasteiger partial charge >= 0.3 is 0 Å². The fraction of sp³-hybridized carbons (Fsp3) is 0.462. The number of anilines is 1. The SMILES string of the molecule is CC.CC.CN.Cc1nc(N(C)Cc2ccccc2)c2c(C)c(C)c(C)c(C)c2n1. The maximum atomic E-state index is 4.78. The quantitative estimate of drug-likeness (QED) is 0.540. The first-order valence-electron chi connectivity index (χ1n) is 11.0. The lowest BCUT2D eigenvalue weighted by Crippen LogP contribution is -2.19. The van der Waals surface area contributed by atoms with E-state index in [-0.39, 0.29) is 0 Å². The highest BCUT2D eigenvalue weighted by Crippen LogP contribution is 2.33. The Morgan fingerprint density at radius 1 is 0.733 bits per heavy atom. The molecule has 0 saturated carbocycles. The molecule has 0 spiro atoms. The zero-order chi connectivity index (χ0) is 23.4. The molecule has 1 heterocycles. The molecule has 30 heavy (non-hydrogen) atoms. The van der Waals surface area contributed by atoms with Crippen molar-refractivity contribution in [2.45, 2.75) is 68.9 Å². The Hall–Kier alpha value is -2.46. The molecule has 0 aliphatic carbocycles. The molecular weight excluding hydrogens is 368 g/mol. The largest absolute Gasteiger partial charge is 0.355 e. The van der Waals surface area contributed by atoms with Crippen LogP contribution < -0.4 is 10.6 Å². The van der Waals surface area contributed by atoms with Gasteiger partial charge in [-0.05, 0) is 69.5 Å². The second kappa shape index (κ2) is 13.7. The third-order valence-electron chi connectivity index (χ3n) is 5.04. The van der Waals surface area contributed by atoms with Crippen LogP contribution in [0, 0.1) is 34.6 Å². The van der Waals surface area contributed by atoms with Crippen LogP contribution in [-0.4, -0.2) is 24.1 Å². The molecule has 3 rings (SSSR count). The lowest BCUT2D eigenvalue weighted by molar-refractivity contribution is 0.889. The Kier molecular flexibility index (Phi) is 12.6. The summed E-state index contributed by atoms with van der Waals surface area (Å²) >= 11 is 0. The molecule has 0 unspecified atom stereocenters. The van der Waals surface area contributed by atoms with Crippen molar-refractivity contribution in [2.75, 3.05) is 19.0 Å². The lowest BCUT2D eigenvalue weighted by Gasteiger charge is -2.23. The van der Waals surface area contributed by atoms with Gasteiger partial charge in [-0.25, -0.2) is 9.97 Å². The van der Waals surface area contributed by atoms with Crippen molar-refractivity contribution in [1.29, 1.82) is 0 Å². The average molecular weight is 411 g/mol. The molecule has 1 aromatic heterocycles. The molecule has 0 atom stereocenters. The van der Waals surface area contributed by atoms with E-state index >= 15 is 0 Å². The summed E-state index contributed by atoms with van der Waals surface area (Å²) in [5.74, 6) is 1.84. The zero-order valence-corrected chi connectivity index (χ0v) is 21.0. The number of aryl methyl sites for hydroxylation is 3. The summed E-state index contributed by atoms with van der Waals surface area (Å²) in [5, 5.41) is 1.18.